The molecule has 0 unspecified atom stereocenters. The van der Waals surface area contributed by atoms with Gasteiger partial charge in [0.1, 0.15) is 6.33 Å². The van der Waals surface area contributed by atoms with Crippen LogP contribution in [0.5, 0.6) is 0 Å². The molecule has 1 aliphatic carbocycles. The molecule has 3 aromatic rings. The molecule has 2 heterocycles. The number of hydrogen-bond acceptors (Lipinski definition) is 3. The summed E-state index contributed by atoms with van der Waals surface area (Å²) in [6.45, 7) is 0.384. The fourth-order valence-electron chi connectivity index (χ4n) is 3.48. The third-order valence-corrected chi connectivity index (χ3v) is 4.99. The van der Waals surface area contributed by atoms with E-state index in [9.17, 15) is 5.21 Å². The highest BCUT2D eigenvalue weighted by Crippen LogP contribution is 2.40. The van der Waals surface area contributed by atoms with E-state index in [2.05, 4.69) is 39.9 Å². The van der Waals surface area contributed by atoms with Crippen LogP contribution in [0.1, 0.15) is 29.9 Å². The highest BCUT2D eigenvalue weighted by atomic mass is 16.5. The van der Waals surface area contributed by atoms with Crippen LogP contribution < -0.4 is 0 Å². The lowest BCUT2D eigenvalue weighted by atomic mass is 10.0. The van der Waals surface area contributed by atoms with E-state index in [4.69, 9.17) is 0 Å². The first-order valence-electron chi connectivity index (χ1n) is 8.67. The van der Waals surface area contributed by atoms with Crippen LogP contribution in [0.4, 0.5) is 0 Å². The molecule has 5 rings (SSSR count). The van der Waals surface area contributed by atoms with Crippen molar-refractivity contribution in [1.29, 1.82) is 0 Å². The van der Waals surface area contributed by atoms with Gasteiger partial charge in [-0.3, -0.25) is 4.57 Å². The molecule has 124 valence electrons. The Morgan fingerprint density at radius 1 is 1.08 bits per heavy atom. The summed E-state index contributed by atoms with van der Waals surface area (Å²) in [5.74, 6) is 0.735. The summed E-state index contributed by atoms with van der Waals surface area (Å²) in [5, 5.41) is 12.6. The van der Waals surface area contributed by atoms with E-state index >= 15 is 0 Å². The first-order chi connectivity index (χ1) is 12.3. The maximum Gasteiger partial charge on any atom is 0.100 e. The Bertz CT molecular complexity index is 1010. The van der Waals surface area contributed by atoms with E-state index in [0.29, 0.717) is 6.54 Å². The molecule has 1 aliphatic heterocycles. The van der Waals surface area contributed by atoms with Crippen molar-refractivity contribution in [2.24, 2.45) is 0 Å². The molecule has 1 saturated carbocycles. The van der Waals surface area contributed by atoms with Crippen molar-refractivity contribution in [3.05, 3.63) is 83.5 Å². The van der Waals surface area contributed by atoms with E-state index < -0.39 is 0 Å². The smallest absolute Gasteiger partial charge is 0.100 e. The average molecular weight is 328 g/mol. The number of nitrogens with zero attached hydrogens (tertiary/aromatic N) is 3. The molecule has 0 bridgehead atoms. The minimum Gasteiger partial charge on any atom is -0.758 e. The largest absolute Gasteiger partial charge is 0.758 e. The number of imidazole rings is 1. The number of hydrogen-bond donors (Lipinski definition) is 0. The van der Waals surface area contributed by atoms with Crippen molar-refractivity contribution >= 4 is 16.6 Å². The lowest BCUT2D eigenvalue weighted by Gasteiger charge is -2.30. The molecular formula is C21H18N3O-. The monoisotopic (exact) mass is 328 g/mol. The minimum atomic E-state index is 0.384. The van der Waals surface area contributed by atoms with Gasteiger partial charge >= 0.3 is 0 Å². The van der Waals surface area contributed by atoms with E-state index in [0.717, 1.165) is 38.8 Å². The molecule has 1 fully saturated rings. The van der Waals surface area contributed by atoms with Crippen LogP contribution in [-0.2, 0) is 0 Å². The van der Waals surface area contributed by atoms with E-state index in [1.165, 1.54) is 18.4 Å². The minimum absolute atomic E-state index is 0.384. The van der Waals surface area contributed by atoms with Crippen LogP contribution in [0.3, 0.4) is 0 Å². The fourth-order valence-corrected chi connectivity index (χ4v) is 3.48. The summed E-state index contributed by atoms with van der Waals surface area (Å²) in [6.07, 6.45) is 9.83. The Hall–Kier alpha value is -2.85. The molecular weight excluding hydrogens is 310 g/mol. The molecule has 25 heavy (non-hydrogen) atoms. The molecule has 0 N–H and O–H groups in total. The second-order valence-electron chi connectivity index (χ2n) is 6.80. The third kappa shape index (κ3) is 2.65. The standard InChI is InChI=1S/C21H18N3O/c25-23-10-2-4-18(13-23)16-3-1-5-19(11-16)24-14-22-20-12-17(15-6-7-15)8-9-21(20)24/h1-5,8-12,14-15H,6-7,13H2/q-1. The Balaban J connectivity index is 1.55. The SMILES string of the molecule is [O-]N1C=CC=C(c2cccc(-n3cnc4cc(C5CC5)ccc43)c2)C1. The zero-order valence-electron chi connectivity index (χ0n) is 13.8. The van der Waals surface area contributed by atoms with Crippen LogP contribution in [-0.4, -0.2) is 21.2 Å². The van der Waals surface area contributed by atoms with Crippen molar-refractivity contribution in [3.8, 4) is 5.69 Å². The van der Waals surface area contributed by atoms with E-state index in [1.807, 2.05) is 24.5 Å². The Morgan fingerprint density at radius 2 is 2.00 bits per heavy atom. The summed E-state index contributed by atoms with van der Waals surface area (Å²) in [6, 6.07) is 14.9. The molecule has 2 aliphatic rings. The Labute approximate surface area is 146 Å². The van der Waals surface area contributed by atoms with Crippen molar-refractivity contribution in [2.75, 3.05) is 6.54 Å². The summed E-state index contributed by atoms with van der Waals surface area (Å²) in [7, 11) is 0. The number of rotatable bonds is 3. The Kier molecular flexibility index (Phi) is 3.25. The third-order valence-electron chi connectivity index (χ3n) is 4.99. The maximum atomic E-state index is 11.6. The predicted octanol–water partition coefficient (Wildman–Crippen LogP) is 4.61. The number of fused-ring (bicyclic) bond motifs is 1. The quantitative estimate of drug-likeness (QED) is 0.705. The summed E-state index contributed by atoms with van der Waals surface area (Å²) in [4.78, 5) is 4.60. The van der Waals surface area contributed by atoms with Gasteiger partial charge in [0.25, 0.3) is 0 Å². The van der Waals surface area contributed by atoms with Gasteiger partial charge in [0.15, 0.2) is 0 Å². The number of hydroxylamine groups is 2. The predicted molar refractivity (Wildman–Crippen MR) is 100 cm³/mol. The maximum absolute atomic E-state index is 11.6. The summed E-state index contributed by atoms with van der Waals surface area (Å²) < 4.78 is 2.11. The second-order valence-corrected chi connectivity index (χ2v) is 6.80. The van der Waals surface area contributed by atoms with Gasteiger partial charge in [-0.25, -0.2) is 4.98 Å². The van der Waals surface area contributed by atoms with Gasteiger partial charge in [-0.05, 0) is 72.0 Å². The molecule has 0 atom stereocenters. The number of aromatic nitrogens is 2. The van der Waals surface area contributed by atoms with Crippen LogP contribution in [0.2, 0.25) is 0 Å². The lowest BCUT2D eigenvalue weighted by molar-refractivity contribution is 0.573. The molecule has 0 spiro atoms. The first-order valence-corrected chi connectivity index (χ1v) is 8.67. The van der Waals surface area contributed by atoms with Gasteiger partial charge in [-0.2, -0.15) is 0 Å². The second kappa shape index (κ2) is 5.60. The van der Waals surface area contributed by atoms with Crippen LogP contribution in [0.25, 0.3) is 22.3 Å². The lowest BCUT2D eigenvalue weighted by Crippen LogP contribution is -2.14. The summed E-state index contributed by atoms with van der Waals surface area (Å²) in [5.41, 5.74) is 6.72. The van der Waals surface area contributed by atoms with Gasteiger partial charge < -0.3 is 10.3 Å². The fraction of sp³-hybridized carbons (Fsp3) is 0.190. The molecule has 0 radical (unpaired) electrons. The topological polar surface area (TPSA) is 44.1 Å². The number of allylic oxidation sites excluding steroid dienone is 2. The molecule has 0 saturated heterocycles. The molecule has 0 amide bonds. The highest BCUT2D eigenvalue weighted by molar-refractivity contribution is 5.79. The van der Waals surface area contributed by atoms with Crippen molar-refractivity contribution in [2.45, 2.75) is 18.8 Å². The average Bonchev–Trinajstić information content (AvgIpc) is 3.41. The van der Waals surface area contributed by atoms with Gasteiger partial charge in [0.05, 0.1) is 11.0 Å². The summed E-state index contributed by atoms with van der Waals surface area (Å²) >= 11 is 0. The van der Waals surface area contributed by atoms with Gasteiger partial charge in [0, 0.05) is 12.2 Å². The van der Waals surface area contributed by atoms with Crippen LogP contribution >= 0.6 is 0 Å². The highest BCUT2D eigenvalue weighted by Gasteiger charge is 2.23. The first kappa shape index (κ1) is 14.5. The molecule has 2 aromatic carbocycles. The number of benzene rings is 2. The molecule has 4 heteroatoms. The van der Waals surface area contributed by atoms with Gasteiger partial charge in [-0.15, -0.1) is 0 Å². The molecule has 1 aromatic heterocycles. The molecule has 4 nitrogen and oxygen atoms in total. The van der Waals surface area contributed by atoms with Gasteiger partial charge in [0.2, 0.25) is 0 Å². The van der Waals surface area contributed by atoms with Gasteiger partial charge in [-0.1, -0.05) is 24.3 Å². The van der Waals surface area contributed by atoms with E-state index in [-0.39, 0.29) is 0 Å². The van der Waals surface area contributed by atoms with Crippen molar-refractivity contribution in [1.82, 2.24) is 14.6 Å². The van der Waals surface area contributed by atoms with Crippen molar-refractivity contribution in [3.63, 3.8) is 0 Å². The zero-order valence-corrected chi connectivity index (χ0v) is 13.8. The Morgan fingerprint density at radius 3 is 2.84 bits per heavy atom. The van der Waals surface area contributed by atoms with Crippen LogP contribution in [0, 0.1) is 5.21 Å². The zero-order chi connectivity index (χ0) is 16.8. The van der Waals surface area contributed by atoms with E-state index in [1.54, 1.807) is 12.3 Å². The normalized spacial score (nSPS) is 17.2. The van der Waals surface area contributed by atoms with Crippen molar-refractivity contribution < 1.29 is 0 Å². The van der Waals surface area contributed by atoms with Crippen LogP contribution in [0.15, 0.2) is 67.1 Å².